The molecule has 0 fully saturated rings. The molecular formula is C17H17NO3. The van der Waals surface area contributed by atoms with Crippen molar-refractivity contribution in [3.05, 3.63) is 59.5 Å². The molecule has 0 aliphatic heterocycles. The summed E-state index contributed by atoms with van der Waals surface area (Å²) in [6.45, 7) is 1.97. The van der Waals surface area contributed by atoms with Crippen LogP contribution in [0.25, 0.3) is 11.1 Å². The second-order valence-corrected chi connectivity index (χ2v) is 5.02. The van der Waals surface area contributed by atoms with Crippen LogP contribution in [-0.4, -0.2) is 17.2 Å². The number of ether oxygens (including phenoxy) is 1. The van der Waals surface area contributed by atoms with Gasteiger partial charge >= 0.3 is 0 Å². The Kier molecular flexibility index (Phi) is 3.62. The van der Waals surface area contributed by atoms with Crippen LogP contribution in [0.15, 0.2) is 46.9 Å². The van der Waals surface area contributed by atoms with Crippen LogP contribution >= 0.6 is 0 Å². The SMILES string of the molecule is COc1cc(C(O)Cc2nc3ccccc3o2)ccc1C. The number of hydrogen-bond acceptors (Lipinski definition) is 4. The molecule has 4 heteroatoms. The predicted octanol–water partition coefficient (Wildman–Crippen LogP) is 3.42. The van der Waals surface area contributed by atoms with Crippen molar-refractivity contribution >= 4 is 11.1 Å². The molecule has 0 saturated heterocycles. The van der Waals surface area contributed by atoms with Crippen molar-refractivity contribution in [3.63, 3.8) is 0 Å². The quantitative estimate of drug-likeness (QED) is 0.797. The molecule has 1 N–H and O–H groups in total. The molecule has 1 aromatic heterocycles. The first kappa shape index (κ1) is 13.6. The number of aromatic nitrogens is 1. The molecule has 0 saturated carbocycles. The standard InChI is InChI=1S/C17H17NO3/c1-11-7-8-12(9-16(11)20-2)14(19)10-17-18-13-5-3-4-6-15(13)21-17/h3-9,14,19H,10H2,1-2H3. The Morgan fingerprint density at radius 1 is 1.24 bits per heavy atom. The van der Waals surface area contributed by atoms with Gasteiger partial charge in [0.1, 0.15) is 11.3 Å². The minimum absolute atomic E-state index is 0.334. The molecule has 0 radical (unpaired) electrons. The number of fused-ring (bicyclic) bond motifs is 1. The van der Waals surface area contributed by atoms with Gasteiger partial charge in [0.15, 0.2) is 11.5 Å². The Bertz CT molecular complexity index is 731. The molecule has 1 atom stereocenters. The number of methoxy groups -OCH3 is 1. The van der Waals surface area contributed by atoms with Crippen molar-refractivity contribution in [2.45, 2.75) is 19.4 Å². The summed E-state index contributed by atoms with van der Waals surface area (Å²) < 4.78 is 10.9. The zero-order valence-electron chi connectivity index (χ0n) is 12.0. The normalized spacial score (nSPS) is 12.5. The second-order valence-electron chi connectivity index (χ2n) is 5.02. The monoisotopic (exact) mass is 283 g/mol. The van der Waals surface area contributed by atoms with E-state index in [1.165, 1.54) is 0 Å². The maximum absolute atomic E-state index is 10.4. The Morgan fingerprint density at radius 3 is 2.81 bits per heavy atom. The topological polar surface area (TPSA) is 55.5 Å². The van der Waals surface area contributed by atoms with Gasteiger partial charge in [0.2, 0.25) is 0 Å². The van der Waals surface area contributed by atoms with Crippen molar-refractivity contribution in [1.82, 2.24) is 4.98 Å². The maximum atomic E-state index is 10.4. The molecule has 0 amide bonds. The number of rotatable bonds is 4. The van der Waals surface area contributed by atoms with E-state index in [-0.39, 0.29) is 0 Å². The largest absolute Gasteiger partial charge is 0.496 e. The molecule has 4 nitrogen and oxygen atoms in total. The number of aliphatic hydroxyl groups excluding tert-OH is 1. The molecule has 0 bridgehead atoms. The fraction of sp³-hybridized carbons (Fsp3) is 0.235. The van der Waals surface area contributed by atoms with Crippen LogP contribution in [0.3, 0.4) is 0 Å². The summed E-state index contributed by atoms with van der Waals surface area (Å²) in [4.78, 5) is 4.38. The van der Waals surface area contributed by atoms with Crippen LogP contribution in [0.2, 0.25) is 0 Å². The number of nitrogens with zero attached hydrogens (tertiary/aromatic N) is 1. The van der Waals surface area contributed by atoms with Crippen LogP contribution in [0.4, 0.5) is 0 Å². The lowest BCUT2D eigenvalue weighted by Crippen LogP contribution is -2.03. The van der Waals surface area contributed by atoms with Gasteiger partial charge in [-0.05, 0) is 36.2 Å². The molecular weight excluding hydrogens is 266 g/mol. The number of benzene rings is 2. The third-order valence-electron chi connectivity index (χ3n) is 3.52. The van der Waals surface area contributed by atoms with Crippen molar-refractivity contribution in [3.8, 4) is 5.75 Å². The van der Waals surface area contributed by atoms with Crippen LogP contribution in [0.5, 0.6) is 5.75 Å². The first-order chi connectivity index (χ1) is 10.2. The maximum Gasteiger partial charge on any atom is 0.198 e. The summed E-state index contributed by atoms with van der Waals surface area (Å²) in [5.41, 5.74) is 3.37. The van der Waals surface area contributed by atoms with Gasteiger partial charge < -0.3 is 14.3 Å². The molecule has 0 spiro atoms. The van der Waals surface area contributed by atoms with Gasteiger partial charge in [0.05, 0.1) is 19.6 Å². The van der Waals surface area contributed by atoms with Gasteiger partial charge in [-0.25, -0.2) is 4.98 Å². The number of oxazole rings is 1. The van der Waals surface area contributed by atoms with Crippen molar-refractivity contribution in [2.24, 2.45) is 0 Å². The van der Waals surface area contributed by atoms with Crippen molar-refractivity contribution in [1.29, 1.82) is 0 Å². The van der Waals surface area contributed by atoms with Gasteiger partial charge in [0.25, 0.3) is 0 Å². The number of para-hydroxylation sites is 2. The zero-order chi connectivity index (χ0) is 14.8. The first-order valence-corrected chi connectivity index (χ1v) is 6.84. The number of aryl methyl sites for hydroxylation is 1. The Hall–Kier alpha value is -2.33. The van der Waals surface area contributed by atoms with Crippen molar-refractivity contribution < 1.29 is 14.3 Å². The zero-order valence-corrected chi connectivity index (χ0v) is 12.0. The molecule has 1 unspecified atom stereocenters. The van der Waals surface area contributed by atoms with E-state index >= 15 is 0 Å². The number of aliphatic hydroxyl groups is 1. The minimum Gasteiger partial charge on any atom is -0.496 e. The summed E-state index contributed by atoms with van der Waals surface area (Å²) in [7, 11) is 1.62. The number of hydrogen-bond donors (Lipinski definition) is 1. The Balaban J connectivity index is 1.83. The van der Waals surface area contributed by atoms with E-state index in [0.717, 1.165) is 28.0 Å². The third kappa shape index (κ3) is 2.76. The van der Waals surface area contributed by atoms with Crippen LogP contribution in [0.1, 0.15) is 23.1 Å². The van der Waals surface area contributed by atoms with Gasteiger partial charge in [-0.15, -0.1) is 0 Å². The van der Waals surface area contributed by atoms with Crippen LogP contribution in [-0.2, 0) is 6.42 Å². The lowest BCUT2D eigenvalue weighted by Gasteiger charge is -2.12. The average Bonchev–Trinajstić information content (AvgIpc) is 2.89. The Morgan fingerprint density at radius 2 is 2.05 bits per heavy atom. The fourth-order valence-corrected chi connectivity index (χ4v) is 2.33. The fourth-order valence-electron chi connectivity index (χ4n) is 2.33. The van der Waals surface area contributed by atoms with E-state index in [4.69, 9.17) is 9.15 Å². The van der Waals surface area contributed by atoms with E-state index < -0.39 is 6.10 Å². The summed E-state index contributed by atoms with van der Waals surface area (Å²) >= 11 is 0. The molecule has 1 heterocycles. The molecule has 108 valence electrons. The molecule has 0 aliphatic carbocycles. The van der Waals surface area contributed by atoms with E-state index in [0.29, 0.717) is 12.3 Å². The Labute approximate surface area is 123 Å². The van der Waals surface area contributed by atoms with E-state index in [2.05, 4.69) is 4.98 Å². The molecule has 21 heavy (non-hydrogen) atoms. The molecule has 3 rings (SSSR count). The highest BCUT2D eigenvalue weighted by Gasteiger charge is 2.14. The lowest BCUT2D eigenvalue weighted by molar-refractivity contribution is 0.169. The van der Waals surface area contributed by atoms with Gasteiger partial charge in [-0.2, -0.15) is 0 Å². The predicted molar refractivity (Wildman–Crippen MR) is 80.4 cm³/mol. The smallest absolute Gasteiger partial charge is 0.198 e. The molecule has 0 aliphatic rings. The second kappa shape index (κ2) is 5.58. The third-order valence-corrected chi connectivity index (χ3v) is 3.52. The minimum atomic E-state index is -0.674. The lowest BCUT2D eigenvalue weighted by atomic mass is 10.0. The van der Waals surface area contributed by atoms with E-state index in [9.17, 15) is 5.11 Å². The van der Waals surface area contributed by atoms with Gasteiger partial charge in [-0.1, -0.05) is 24.3 Å². The summed E-state index contributed by atoms with van der Waals surface area (Å²) in [5.74, 6) is 1.30. The summed E-state index contributed by atoms with van der Waals surface area (Å²) in [6.07, 6.45) is -0.339. The van der Waals surface area contributed by atoms with Crippen molar-refractivity contribution in [2.75, 3.05) is 7.11 Å². The van der Waals surface area contributed by atoms with Crippen LogP contribution in [0, 0.1) is 6.92 Å². The van der Waals surface area contributed by atoms with Gasteiger partial charge in [0, 0.05) is 0 Å². The highest BCUT2D eigenvalue weighted by atomic mass is 16.5. The summed E-state index contributed by atoms with van der Waals surface area (Å²) in [6, 6.07) is 13.3. The average molecular weight is 283 g/mol. The first-order valence-electron chi connectivity index (χ1n) is 6.84. The van der Waals surface area contributed by atoms with E-state index in [1.807, 2.05) is 49.4 Å². The highest BCUT2D eigenvalue weighted by Crippen LogP contribution is 2.26. The summed E-state index contributed by atoms with van der Waals surface area (Å²) in [5, 5.41) is 10.4. The van der Waals surface area contributed by atoms with E-state index in [1.54, 1.807) is 7.11 Å². The van der Waals surface area contributed by atoms with Gasteiger partial charge in [-0.3, -0.25) is 0 Å². The molecule has 3 aromatic rings. The van der Waals surface area contributed by atoms with Crippen LogP contribution < -0.4 is 4.74 Å². The highest BCUT2D eigenvalue weighted by molar-refractivity contribution is 5.72. The molecule has 2 aromatic carbocycles.